The van der Waals surface area contributed by atoms with Crippen LogP contribution in [0.5, 0.6) is 0 Å². The molecule has 0 saturated carbocycles. The van der Waals surface area contributed by atoms with Crippen LogP contribution in [-0.2, 0) is 32.0 Å². The van der Waals surface area contributed by atoms with Crippen molar-refractivity contribution in [3.8, 4) is 0 Å². The summed E-state index contributed by atoms with van der Waals surface area (Å²) in [4.78, 5) is 21.8. The highest BCUT2D eigenvalue weighted by atomic mass is 31.3. The number of nitrogen functional groups attached to an aromatic ring is 1. The average Bonchev–Trinajstić information content (AvgIpc) is 3.39. The lowest BCUT2D eigenvalue weighted by atomic mass is 10.00. The Bertz CT molecular complexity index is 1240. The SMILES string of the molecule is [B-][P@@](=O)(OC[C@H]1O[C@@H](n2cnc3c(N)ncnc32)[C@@H](O)C1O)OP(=O)(O)O[C@@H]1OC(CO)[C@H](O)[C@H](O)C1O. The minimum absolute atomic E-state index is 0.0576. The Labute approximate surface area is 214 Å². The van der Waals surface area contributed by atoms with Gasteiger partial charge in [0.15, 0.2) is 24.0 Å². The highest BCUT2D eigenvalue weighted by Crippen LogP contribution is 2.61. The molecule has 4 heterocycles. The number of aliphatic hydroxyl groups is 6. The largest absolute Gasteiger partial charge is 0.479 e. The summed E-state index contributed by atoms with van der Waals surface area (Å²) in [6.45, 7) is -1.67. The third kappa shape index (κ3) is 5.93. The molecule has 2 aliphatic heterocycles. The second kappa shape index (κ2) is 11.1. The van der Waals surface area contributed by atoms with Gasteiger partial charge in [0.05, 0.1) is 27.0 Å². The number of phosphoric acid groups is 1. The van der Waals surface area contributed by atoms with Crippen molar-refractivity contribution in [3.05, 3.63) is 12.7 Å². The number of phosphoric ester groups is 1. The first kappa shape index (κ1) is 29.4. The maximum absolute atomic E-state index is 12.5. The Hall–Kier alpha value is -1.61. The summed E-state index contributed by atoms with van der Waals surface area (Å²) in [5.41, 5.74) is 6.11. The maximum Gasteiger partial charge on any atom is 0.479 e. The van der Waals surface area contributed by atoms with E-state index in [1.807, 2.05) is 0 Å². The molecule has 11 atom stereocenters. The summed E-state index contributed by atoms with van der Waals surface area (Å²) in [5.74, 6) is 0.0576. The number of aliphatic hydroxyl groups excluding tert-OH is 6. The summed E-state index contributed by atoms with van der Waals surface area (Å²) >= 11 is 0. The van der Waals surface area contributed by atoms with Gasteiger partial charge < -0.3 is 67.4 Å². The molecule has 0 spiro atoms. The van der Waals surface area contributed by atoms with Gasteiger partial charge in [-0.3, -0.25) is 9.09 Å². The summed E-state index contributed by atoms with van der Waals surface area (Å²) in [5, 5.41) is 59.4. The first-order valence-corrected chi connectivity index (χ1v) is 13.9. The zero-order chi connectivity index (χ0) is 28.0. The molecule has 9 N–H and O–H groups in total. The number of ether oxygens (including phenoxy) is 2. The van der Waals surface area contributed by atoms with Gasteiger partial charge in [-0.25, -0.2) is 23.8 Å². The molecule has 2 fully saturated rings. The van der Waals surface area contributed by atoms with Crippen LogP contribution < -0.4 is 5.73 Å². The van der Waals surface area contributed by atoms with Crippen LogP contribution in [0, 0.1) is 0 Å². The number of hydrogen-bond donors (Lipinski definition) is 8. The molecule has 0 aliphatic carbocycles. The van der Waals surface area contributed by atoms with Gasteiger partial charge in [-0.2, -0.15) is 0 Å². The zero-order valence-corrected chi connectivity index (χ0v) is 20.9. The van der Waals surface area contributed by atoms with Crippen molar-refractivity contribution in [2.24, 2.45) is 0 Å². The molecule has 4 unspecified atom stereocenters. The molecule has 38 heavy (non-hydrogen) atoms. The zero-order valence-electron chi connectivity index (χ0n) is 19.1. The van der Waals surface area contributed by atoms with Crippen LogP contribution in [0.25, 0.3) is 11.2 Å². The Morgan fingerprint density at radius 3 is 2.37 bits per heavy atom. The van der Waals surface area contributed by atoms with Gasteiger partial charge in [-0.1, -0.05) is 0 Å². The van der Waals surface area contributed by atoms with E-state index in [1.54, 1.807) is 0 Å². The van der Waals surface area contributed by atoms with Crippen molar-refractivity contribution in [1.82, 2.24) is 19.5 Å². The second-order valence-corrected chi connectivity index (χ2v) is 11.5. The number of aromatic nitrogens is 4. The molecule has 22 heteroatoms. The number of rotatable bonds is 9. The lowest BCUT2D eigenvalue weighted by Gasteiger charge is -2.40. The molecule has 0 bridgehead atoms. The lowest BCUT2D eigenvalue weighted by molar-refractivity contribution is -0.280. The van der Waals surface area contributed by atoms with E-state index in [0.29, 0.717) is 0 Å². The summed E-state index contributed by atoms with van der Waals surface area (Å²) in [6.07, 6.45) is -12.8. The van der Waals surface area contributed by atoms with Gasteiger partial charge in [0.25, 0.3) is 0 Å². The predicted molar refractivity (Wildman–Crippen MR) is 121 cm³/mol. The number of fused-ring (bicyclic) bond motifs is 1. The number of nitrogens with zero attached hydrogens (tertiary/aromatic N) is 4. The van der Waals surface area contributed by atoms with E-state index in [1.165, 1.54) is 10.9 Å². The summed E-state index contributed by atoms with van der Waals surface area (Å²) in [7, 11) is -5.04. The fraction of sp³-hybridized carbons (Fsp3) is 0.688. The smallest absolute Gasteiger partial charge is 0.443 e. The monoisotopic (exact) mass is 583 g/mol. The molecule has 2 aromatic rings. The van der Waals surface area contributed by atoms with E-state index in [0.717, 1.165) is 6.33 Å². The van der Waals surface area contributed by atoms with Crippen LogP contribution in [0.1, 0.15) is 6.23 Å². The highest BCUT2D eigenvalue weighted by molar-refractivity contribution is 7.83. The normalized spacial score (nSPS) is 37.2. The van der Waals surface area contributed by atoms with E-state index < -0.39 is 83.8 Å². The third-order valence-corrected chi connectivity index (χ3v) is 8.44. The third-order valence-electron chi connectivity index (χ3n) is 5.72. The lowest BCUT2D eigenvalue weighted by Crippen LogP contribution is -2.58. The predicted octanol–water partition coefficient (Wildman–Crippen LogP) is -3.75. The van der Waals surface area contributed by atoms with Gasteiger partial charge >= 0.3 is 7.82 Å². The number of imidazole rings is 1. The minimum atomic E-state index is -5.44. The van der Waals surface area contributed by atoms with Crippen molar-refractivity contribution in [2.45, 2.75) is 55.2 Å². The van der Waals surface area contributed by atoms with Crippen molar-refractivity contribution < 1.29 is 67.5 Å². The fourth-order valence-corrected chi connectivity index (χ4v) is 6.09. The molecular weight excluding hydrogens is 559 g/mol. The van der Waals surface area contributed by atoms with Gasteiger partial charge in [-0.15, -0.1) is 0 Å². The van der Waals surface area contributed by atoms with E-state index in [-0.39, 0.29) is 17.0 Å². The minimum Gasteiger partial charge on any atom is -0.443 e. The Kier molecular flexibility index (Phi) is 8.59. The molecule has 2 aliphatic rings. The highest BCUT2D eigenvalue weighted by Gasteiger charge is 2.48. The van der Waals surface area contributed by atoms with Crippen molar-refractivity contribution in [2.75, 3.05) is 18.9 Å². The molecule has 4 rings (SSSR count). The molecule has 211 valence electrons. The van der Waals surface area contributed by atoms with Crippen molar-refractivity contribution in [1.29, 1.82) is 0 Å². The Morgan fingerprint density at radius 1 is 1.00 bits per heavy atom. The molecule has 3 radical (unpaired) electrons. The van der Waals surface area contributed by atoms with Gasteiger partial charge in [-0.05, 0) is 0 Å². The summed E-state index contributed by atoms with van der Waals surface area (Å²) < 4.78 is 50.3. The molecule has 19 nitrogen and oxygen atoms in total. The Morgan fingerprint density at radius 2 is 1.68 bits per heavy atom. The quantitative estimate of drug-likeness (QED) is 0.104. The van der Waals surface area contributed by atoms with Gasteiger partial charge in [0.1, 0.15) is 54.6 Å². The Balaban J connectivity index is 1.38. The standard InChI is InChI=1S/C16H24BN5O14P2/c17-37(29,36-38(30,31)35-16-12(28)10(26)8(24)5(1-23)34-16)32-2-6-9(25)11(27)15(33-6)22-4-21-7-13(18)19-3-20-14(7)22/h3-6,8-12,15-16,23-28H,1-2H2,(H,30,31)(H2,18,19,20)/q-1/t5?,6-,8+,9?,10+,11+,12?,15-,16+,37-/m1/s1. The van der Waals surface area contributed by atoms with Crippen LogP contribution >= 0.6 is 15.3 Å². The van der Waals surface area contributed by atoms with E-state index in [2.05, 4.69) is 23.8 Å². The molecule has 2 saturated heterocycles. The number of nitrogens with two attached hydrogens (primary N) is 1. The fourth-order valence-electron chi connectivity index (χ4n) is 3.80. The average molecular weight is 583 g/mol. The van der Waals surface area contributed by atoms with Crippen molar-refractivity contribution in [3.63, 3.8) is 0 Å². The van der Waals surface area contributed by atoms with E-state index in [9.17, 15) is 44.7 Å². The van der Waals surface area contributed by atoms with Gasteiger partial charge in [0, 0.05) is 0 Å². The number of anilines is 1. The molecule has 0 amide bonds. The summed E-state index contributed by atoms with van der Waals surface area (Å²) in [6, 6.07) is 0. The van der Waals surface area contributed by atoms with Crippen LogP contribution in [0.4, 0.5) is 5.82 Å². The maximum atomic E-state index is 12.5. The molecular formula is C16H24BN5O14P2-. The molecule has 2 aromatic heterocycles. The number of hydrogen-bond acceptors (Lipinski definition) is 17. The first-order valence-electron chi connectivity index (χ1n) is 10.8. The molecule has 0 aromatic carbocycles. The van der Waals surface area contributed by atoms with Crippen molar-refractivity contribution >= 4 is 39.8 Å². The topological polar surface area (TPSA) is 292 Å². The first-order chi connectivity index (χ1) is 17.7. The van der Waals surface area contributed by atoms with Crippen LogP contribution in [-0.4, -0.2) is 125 Å². The van der Waals surface area contributed by atoms with E-state index in [4.69, 9.17) is 27.3 Å². The van der Waals surface area contributed by atoms with Gasteiger partial charge in [0.2, 0.25) is 0 Å². The van der Waals surface area contributed by atoms with Crippen LogP contribution in [0.3, 0.4) is 0 Å². The van der Waals surface area contributed by atoms with E-state index >= 15 is 0 Å². The second-order valence-electron chi connectivity index (χ2n) is 8.32. The van der Waals surface area contributed by atoms with Crippen LogP contribution in [0.15, 0.2) is 12.7 Å². The van der Waals surface area contributed by atoms with Crippen LogP contribution in [0.2, 0.25) is 0 Å².